The van der Waals surface area contributed by atoms with Crippen molar-refractivity contribution < 1.29 is 0 Å². The topological polar surface area (TPSA) is 0 Å². The molecule has 35 heavy (non-hydrogen) atoms. The van der Waals surface area contributed by atoms with Gasteiger partial charge in [-0.3, -0.25) is 0 Å². The van der Waals surface area contributed by atoms with Crippen molar-refractivity contribution in [3.63, 3.8) is 0 Å². The first-order valence-electron chi connectivity index (χ1n) is 13.5. The van der Waals surface area contributed by atoms with E-state index in [1.807, 2.05) is 0 Å². The van der Waals surface area contributed by atoms with Crippen LogP contribution in [-0.4, -0.2) is 10.3 Å². The molecular formula is C34H41P. The van der Waals surface area contributed by atoms with Crippen molar-refractivity contribution in [1.82, 2.24) is 0 Å². The molecule has 0 bridgehead atoms. The van der Waals surface area contributed by atoms with E-state index in [1.165, 1.54) is 64.8 Å². The van der Waals surface area contributed by atoms with Crippen molar-refractivity contribution in [2.75, 3.05) is 0 Å². The molecule has 1 saturated carbocycles. The van der Waals surface area contributed by atoms with Crippen LogP contribution in [0.5, 0.6) is 0 Å². The van der Waals surface area contributed by atoms with Gasteiger partial charge in [-0.2, -0.15) is 0 Å². The molecule has 1 heteroatoms. The zero-order valence-electron chi connectivity index (χ0n) is 22.5. The first kappa shape index (κ1) is 24.5. The van der Waals surface area contributed by atoms with Gasteiger partial charge in [-0.25, -0.2) is 0 Å². The van der Waals surface area contributed by atoms with Gasteiger partial charge in [-0.15, -0.1) is 0 Å². The van der Waals surface area contributed by atoms with Crippen molar-refractivity contribution in [2.24, 2.45) is 0 Å². The Morgan fingerprint density at radius 3 is 1.66 bits per heavy atom. The van der Waals surface area contributed by atoms with Gasteiger partial charge in [0.2, 0.25) is 0 Å². The Hall–Kier alpha value is -2.17. The molecule has 0 heterocycles. The summed E-state index contributed by atoms with van der Waals surface area (Å²) in [5.41, 5.74) is 4.61. The van der Waals surface area contributed by atoms with Crippen molar-refractivity contribution >= 4 is 34.8 Å². The Labute approximate surface area is 213 Å². The third-order valence-corrected chi connectivity index (χ3v) is 11.3. The van der Waals surface area contributed by atoms with E-state index in [-0.39, 0.29) is 10.3 Å². The number of benzene rings is 4. The molecule has 0 nitrogen and oxygen atoms in total. The van der Waals surface area contributed by atoms with Crippen LogP contribution in [0, 0.1) is 0 Å². The molecule has 0 spiro atoms. The lowest BCUT2D eigenvalue weighted by Crippen LogP contribution is -2.32. The van der Waals surface area contributed by atoms with E-state index in [9.17, 15) is 0 Å². The van der Waals surface area contributed by atoms with Gasteiger partial charge in [-0.1, -0.05) is 142 Å². The molecule has 1 fully saturated rings. The lowest BCUT2D eigenvalue weighted by molar-refractivity contribution is 0.444. The van der Waals surface area contributed by atoms with Crippen LogP contribution in [0.1, 0.15) is 85.1 Å². The maximum atomic E-state index is 2.49. The highest BCUT2D eigenvalue weighted by Gasteiger charge is 2.38. The van der Waals surface area contributed by atoms with E-state index in [2.05, 4.69) is 114 Å². The minimum atomic E-state index is -0.441. The normalized spacial score (nSPS) is 15.9. The van der Waals surface area contributed by atoms with Crippen molar-refractivity contribution in [3.8, 4) is 11.1 Å². The molecule has 5 rings (SSSR count). The molecule has 0 unspecified atom stereocenters. The summed E-state index contributed by atoms with van der Waals surface area (Å²) < 4.78 is 0. The van der Waals surface area contributed by atoms with E-state index in [0.717, 1.165) is 0 Å². The fraction of sp³-hybridized carbons (Fsp3) is 0.412. The molecule has 0 amide bonds. The van der Waals surface area contributed by atoms with Crippen LogP contribution in [0.2, 0.25) is 0 Å². The van der Waals surface area contributed by atoms with E-state index in [4.69, 9.17) is 0 Å². The molecule has 0 radical (unpaired) electrons. The SMILES string of the molecule is CC(C)(C)P(c1ccc2ccccc2c1-c1c(C2CCCCC2)ccc2ccccc12)C(C)(C)C. The van der Waals surface area contributed by atoms with Gasteiger partial charge in [0.25, 0.3) is 0 Å². The fourth-order valence-electron chi connectivity index (χ4n) is 6.76. The molecule has 0 N–H and O–H groups in total. The number of rotatable bonds is 3. The maximum absolute atomic E-state index is 2.49. The summed E-state index contributed by atoms with van der Waals surface area (Å²) in [6.07, 6.45) is 6.74. The predicted molar refractivity (Wildman–Crippen MR) is 159 cm³/mol. The highest BCUT2D eigenvalue weighted by Crippen LogP contribution is 2.60. The minimum Gasteiger partial charge on any atom is -0.0636 e. The third kappa shape index (κ3) is 4.68. The van der Waals surface area contributed by atoms with Gasteiger partial charge in [0.05, 0.1) is 0 Å². The van der Waals surface area contributed by atoms with E-state index in [0.29, 0.717) is 5.92 Å². The molecule has 4 aromatic carbocycles. The second-order valence-corrected chi connectivity index (χ2v) is 16.3. The van der Waals surface area contributed by atoms with E-state index < -0.39 is 7.92 Å². The number of fused-ring (bicyclic) bond motifs is 2. The summed E-state index contributed by atoms with van der Waals surface area (Å²) in [5.74, 6) is 0.658. The van der Waals surface area contributed by atoms with Crippen molar-refractivity contribution in [3.05, 3.63) is 78.4 Å². The van der Waals surface area contributed by atoms with Crippen LogP contribution >= 0.6 is 7.92 Å². The molecule has 1 aliphatic carbocycles. The first-order chi connectivity index (χ1) is 16.7. The van der Waals surface area contributed by atoms with Crippen LogP contribution in [0.25, 0.3) is 32.7 Å². The average molecular weight is 481 g/mol. The lowest BCUT2D eigenvalue weighted by Gasteiger charge is -2.43. The molecule has 0 aromatic heterocycles. The zero-order chi connectivity index (χ0) is 24.8. The Kier molecular flexibility index (Phi) is 6.56. The van der Waals surface area contributed by atoms with Crippen molar-refractivity contribution in [2.45, 2.75) is 89.9 Å². The van der Waals surface area contributed by atoms with Crippen LogP contribution in [0.3, 0.4) is 0 Å². The monoisotopic (exact) mass is 480 g/mol. The number of hydrogen-bond acceptors (Lipinski definition) is 0. The summed E-state index contributed by atoms with van der Waals surface area (Å²) in [7, 11) is -0.441. The van der Waals surface area contributed by atoms with E-state index in [1.54, 1.807) is 10.9 Å². The summed E-state index contributed by atoms with van der Waals surface area (Å²) in [5, 5.41) is 7.54. The maximum Gasteiger partial charge on any atom is -0.00189 e. The fourth-order valence-corrected chi connectivity index (χ4v) is 10.9. The molecule has 0 aliphatic heterocycles. The van der Waals surface area contributed by atoms with Gasteiger partial charge in [0.15, 0.2) is 0 Å². The van der Waals surface area contributed by atoms with Gasteiger partial charge < -0.3 is 0 Å². The summed E-state index contributed by atoms with van der Waals surface area (Å²) in [6, 6.07) is 27.9. The van der Waals surface area contributed by atoms with Crippen LogP contribution in [0.15, 0.2) is 72.8 Å². The second-order valence-electron chi connectivity index (χ2n) is 12.4. The molecular weight excluding hydrogens is 439 g/mol. The summed E-state index contributed by atoms with van der Waals surface area (Å²) >= 11 is 0. The second kappa shape index (κ2) is 9.37. The average Bonchev–Trinajstić information content (AvgIpc) is 2.82. The van der Waals surface area contributed by atoms with Gasteiger partial charge in [0, 0.05) is 0 Å². The highest BCUT2D eigenvalue weighted by molar-refractivity contribution is 7.68. The van der Waals surface area contributed by atoms with Crippen LogP contribution in [-0.2, 0) is 0 Å². The quantitative estimate of drug-likeness (QED) is 0.256. The standard InChI is InChI=1S/C34H41P/c1-33(2,3)35(34(4,5)6)30-23-21-26-17-11-13-19-28(26)32(30)31-27-18-12-10-16-25(27)20-22-29(31)24-14-8-7-9-15-24/h10-13,16-24H,7-9,14-15H2,1-6H3. The smallest absolute Gasteiger partial charge is 0.00189 e. The molecule has 1 aliphatic rings. The Morgan fingerprint density at radius 1 is 0.571 bits per heavy atom. The third-order valence-electron chi connectivity index (χ3n) is 7.75. The van der Waals surface area contributed by atoms with Crippen LogP contribution < -0.4 is 5.30 Å². The molecule has 0 atom stereocenters. The highest BCUT2D eigenvalue weighted by atomic mass is 31.1. The molecule has 0 saturated heterocycles. The lowest BCUT2D eigenvalue weighted by atomic mass is 9.78. The zero-order valence-corrected chi connectivity index (χ0v) is 23.4. The number of hydrogen-bond donors (Lipinski definition) is 0. The Balaban J connectivity index is 1.93. The van der Waals surface area contributed by atoms with Crippen molar-refractivity contribution in [1.29, 1.82) is 0 Å². The van der Waals surface area contributed by atoms with E-state index >= 15 is 0 Å². The van der Waals surface area contributed by atoms with Crippen LogP contribution in [0.4, 0.5) is 0 Å². The minimum absolute atomic E-state index is 0.209. The summed E-state index contributed by atoms with van der Waals surface area (Å²) in [6.45, 7) is 14.7. The predicted octanol–water partition coefficient (Wildman–Crippen LogP) is 10.4. The van der Waals surface area contributed by atoms with Gasteiger partial charge in [-0.05, 0) is 72.6 Å². The molecule has 4 aromatic rings. The molecule has 182 valence electrons. The first-order valence-corrected chi connectivity index (χ1v) is 14.8. The largest absolute Gasteiger partial charge is 0.0636 e. The summed E-state index contributed by atoms with van der Waals surface area (Å²) in [4.78, 5) is 0. The Bertz CT molecular complexity index is 1330. The Morgan fingerprint density at radius 2 is 1.09 bits per heavy atom. The van der Waals surface area contributed by atoms with Gasteiger partial charge in [0.1, 0.15) is 0 Å². The van der Waals surface area contributed by atoms with Gasteiger partial charge >= 0.3 is 0 Å².